The standard InChI is InChI=1S/C18H19FN2O4S/c19-17-6-2-1-5-16(17)18(22)21-13-7-9-15(10-8-13)26(23,24)20-12-14-4-3-11-25-14/h1-2,5-10,14,20H,3-4,11-12H2,(H,21,22)/t14-/m0/s1. The van der Waals surface area contributed by atoms with Crippen LogP contribution in [0.5, 0.6) is 0 Å². The summed E-state index contributed by atoms with van der Waals surface area (Å²) in [4.78, 5) is 12.2. The minimum Gasteiger partial charge on any atom is -0.377 e. The van der Waals surface area contributed by atoms with Crippen LogP contribution in [-0.2, 0) is 14.8 Å². The molecule has 3 rings (SSSR count). The molecule has 6 nitrogen and oxygen atoms in total. The van der Waals surface area contributed by atoms with Gasteiger partial charge in [-0.1, -0.05) is 12.1 Å². The molecule has 1 atom stereocenters. The number of carbonyl (C=O) groups excluding carboxylic acids is 1. The number of halogens is 1. The Kier molecular flexibility index (Phi) is 5.65. The van der Waals surface area contributed by atoms with Crippen molar-refractivity contribution in [3.8, 4) is 0 Å². The van der Waals surface area contributed by atoms with Gasteiger partial charge in [0.15, 0.2) is 0 Å². The maximum absolute atomic E-state index is 13.6. The molecule has 1 aliphatic rings. The fraction of sp³-hybridized carbons (Fsp3) is 0.278. The van der Waals surface area contributed by atoms with Crippen molar-refractivity contribution in [2.45, 2.75) is 23.8 Å². The van der Waals surface area contributed by atoms with Crippen molar-refractivity contribution in [2.24, 2.45) is 0 Å². The van der Waals surface area contributed by atoms with Crippen LogP contribution < -0.4 is 10.0 Å². The van der Waals surface area contributed by atoms with Crippen LogP contribution in [0.15, 0.2) is 53.4 Å². The van der Waals surface area contributed by atoms with Crippen LogP contribution in [0.2, 0.25) is 0 Å². The van der Waals surface area contributed by atoms with E-state index in [2.05, 4.69) is 10.0 Å². The molecule has 2 aromatic rings. The van der Waals surface area contributed by atoms with Crippen molar-refractivity contribution in [1.29, 1.82) is 0 Å². The zero-order chi connectivity index (χ0) is 18.6. The van der Waals surface area contributed by atoms with Crippen molar-refractivity contribution < 1.29 is 22.3 Å². The molecule has 0 aromatic heterocycles. The Bertz CT molecular complexity index is 878. The van der Waals surface area contributed by atoms with E-state index in [1.165, 1.54) is 42.5 Å². The number of sulfonamides is 1. The first kappa shape index (κ1) is 18.5. The Balaban J connectivity index is 1.64. The van der Waals surface area contributed by atoms with Gasteiger partial charge in [-0.3, -0.25) is 4.79 Å². The van der Waals surface area contributed by atoms with E-state index in [0.29, 0.717) is 12.3 Å². The molecule has 0 radical (unpaired) electrons. The second-order valence-corrected chi connectivity index (χ2v) is 7.71. The lowest BCUT2D eigenvalue weighted by molar-refractivity contribution is 0.102. The van der Waals surface area contributed by atoms with E-state index in [9.17, 15) is 17.6 Å². The van der Waals surface area contributed by atoms with Gasteiger partial charge in [-0.15, -0.1) is 0 Å². The highest BCUT2D eigenvalue weighted by Crippen LogP contribution is 2.17. The minimum absolute atomic E-state index is 0.0811. The molecule has 0 unspecified atom stereocenters. The monoisotopic (exact) mass is 378 g/mol. The Hall–Kier alpha value is -2.29. The van der Waals surface area contributed by atoms with E-state index < -0.39 is 21.7 Å². The summed E-state index contributed by atoms with van der Waals surface area (Å²) in [6, 6.07) is 11.3. The Morgan fingerprint density at radius 2 is 1.88 bits per heavy atom. The highest BCUT2D eigenvalue weighted by atomic mass is 32.2. The maximum atomic E-state index is 13.6. The van der Waals surface area contributed by atoms with E-state index >= 15 is 0 Å². The van der Waals surface area contributed by atoms with Gasteiger partial charge in [-0.25, -0.2) is 17.5 Å². The molecule has 1 amide bonds. The highest BCUT2D eigenvalue weighted by Gasteiger charge is 2.20. The summed E-state index contributed by atoms with van der Waals surface area (Å²) in [6.07, 6.45) is 1.68. The van der Waals surface area contributed by atoms with Crippen LogP contribution in [0.1, 0.15) is 23.2 Å². The Morgan fingerprint density at radius 1 is 1.15 bits per heavy atom. The normalized spacial score (nSPS) is 17.2. The average molecular weight is 378 g/mol. The van der Waals surface area contributed by atoms with Crippen LogP contribution in [0.25, 0.3) is 0 Å². The van der Waals surface area contributed by atoms with Crippen molar-refractivity contribution in [3.05, 3.63) is 59.9 Å². The largest absolute Gasteiger partial charge is 0.377 e. The van der Waals surface area contributed by atoms with Gasteiger partial charge in [0.05, 0.1) is 16.6 Å². The number of amides is 1. The summed E-state index contributed by atoms with van der Waals surface area (Å²) < 4.78 is 46.1. The molecule has 2 aromatic carbocycles. The number of hydrogen-bond acceptors (Lipinski definition) is 4. The zero-order valence-corrected chi connectivity index (χ0v) is 14.8. The molecule has 1 aliphatic heterocycles. The number of rotatable bonds is 6. The number of carbonyl (C=O) groups is 1. The quantitative estimate of drug-likeness (QED) is 0.809. The number of hydrogen-bond donors (Lipinski definition) is 2. The van der Waals surface area contributed by atoms with Gasteiger partial charge in [-0.2, -0.15) is 0 Å². The van der Waals surface area contributed by atoms with Gasteiger partial charge in [-0.05, 0) is 49.2 Å². The highest BCUT2D eigenvalue weighted by molar-refractivity contribution is 7.89. The first-order valence-corrected chi connectivity index (χ1v) is 9.71. The fourth-order valence-corrected chi connectivity index (χ4v) is 3.72. The third kappa shape index (κ3) is 4.46. The predicted molar refractivity (Wildman–Crippen MR) is 95.0 cm³/mol. The van der Waals surface area contributed by atoms with Crippen LogP contribution in [0.3, 0.4) is 0 Å². The van der Waals surface area contributed by atoms with Gasteiger partial charge in [0.1, 0.15) is 5.82 Å². The zero-order valence-electron chi connectivity index (χ0n) is 13.9. The second kappa shape index (κ2) is 7.94. The molecule has 1 heterocycles. The van der Waals surface area contributed by atoms with Crippen molar-refractivity contribution >= 4 is 21.6 Å². The summed E-state index contributed by atoms with van der Waals surface area (Å²) in [5, 5.41) is 2.54. The number of ether oxygens (including phenoxy) is 1. The third-order valence-electron chi connectivity index (χ3n) is 4.07. The molecule has 1 saturated heterocycles. The summed E-state index contributed by atoms with van der Waals surface area (Å²) in [5.41, 5.74) is 0.291. The van der Waals surface area contributed by atoms with Crippen LogP contribution in [0.4, 0.5) is 10.1 Å². The van der Waals surface area contributed by atoms with E-state index in [-0.39, 0.29) is 23.1 Å². The van der Waals surface area contributed by atoms with Crippen molar-refractivity contribution in [1.82, 2.24) is 4.72 Å². The smallest absolute Gasteiger partial charge is 0.258 e. The molecule has 26 heavy (non-hydrogen) atoms. The summed E-state index contributed by atoms with van der Waals surface area (Å²) in [5.74, 6) is -1.22. The Labute approximate surface area is 151 Å². The fourth-order valence-electron chi connectivity index (χ4n) is 2.65. The molecular weight excluding hydrogens is 359 g/mol. The first-order chi connectivity index (χ1) is 12.5. The van der Waals surface area contributed by atoms with E-state index in [1.54, 1.807) is 6.07 Å². The van der Waals surface area contributed by atoms with Gasteiger partial charge >= 0.3 is 0 Å². The number of anilines is 1. The van der Waals surface area contributed by atoms with Gasteiger partial charge in [0.2, 0.25) is 10.0 Å². The maximum Gasteiger partial charge on any atom is 0.258 e. The minimum atomic E-state index is -3.65. The SMILES string of the molecule is O=C(Nc1ccc(S(=O)(=O)NC[C@@H]2CCCO2)cc1)c1ccccc1F. The van der Waals surface area contributed by atoms with Gasteiger partial charge < -0.3 is 10.1 Å². The molecule has 138 valence electrons. The molecule has 2 N–H and O–H groups in total. The Morgan fingerprint density at radius 3 is 2.54 bits per heavy atom. The van der Waals surface area contributed by atoms with E-state index in [0.717, 1.165) is 12.8 Å². The van der Waals surface area contributed by atoms with Crippen molar-refractivity contribution in [2.75, 3.05) is 18.5 Å². The lowest BCUT2D eigenvalue weighted by atomic mass is 10.2. The molecule has 0 spiro atoms. The third-order valence-corrected chi connectivity index (χ3v) is 5.51. The average Bonchev–Trinajstić information content (AvgIpc) is 3.14. The summed E-state index contributed by atoms with van der Waals surface area (Å²) in [7, 11) is -3.65. The first-order valence-electron chi connectivity index (χ1n) is 8.23. The van der Waals surface area contributed by atoms with Gasteiger partial charge in [0.25, 0.3) is 5.91 Å². The number of benzene rings is 2. The van der Waals surface area contributed by atoms with Crippen LogP contribution in [0, 0.1) is 5.82 Å². The van der Waals surface area contributed by atoms with E-state index in [4.69, 9.17) is 4.74 Å². The second-order valence-electron chi connectivity index (χ2n) is 5.95. The molecule has 0 aliphatic carbocycles. The molecule has 8 heteroatoms. The van der Waals surface area contributed by atoms with Crippen LogP contribution in [-0.4, -0.2) is 33.6 Å². The molecular formula is C18H19FN2O4S. The topological polar surface area (TPSA) is 84.5 Å². The number of nitrogens with one attached hydrogen (secondary N) is 2. The lowest BCUT2D eigenvalue weighted by Crippen LogP contribution is -2.31. The van der Waals surface area contributed by atoms with Crippen LogP contribution >= 0.6 is 0 Å². The molecule has 1 fully saturated rings. The molecule has 0 bridgehead atoms. The summed E-state index contributed by atoms with van der Waals surface area (Å²) in [6.45, 7) is 0.886. The molecule has 0 saturated carbocycles. The lowest BCUT2D eigenvalue weighted by Gasteiger charge is -2.12. The van der Waals surface area contributed by atoms with E-state index in [1.807, 2.05) is 0 Å². The van der Waals surface area contributed by atoms with Gasteiger partial charge in [0, 0.05) is 18.8 Å². The predicted octanol–water partition coefficient (Wildman–Crippen LogP) is 2.54. The summed E-state index contributed by atoms with van der Waals surface area (Å²) >= 11 is 0. The van der Waals surface area contributed by atoms with Crippen molar-refractivity contribution in [3.63, 3.8) is 0 Å².